The fourth-order valence-electron chi connectivity index (χ4n) is 5.85. The fourth-order valence-corrected chi connectivity index (χ4v) is 6.24. The van der Waals surface area contributed by atoms with Gasteiger partial charge in [0.1, 0.15) is 16.7 Å². The summed E-state index contributed by atoms with van der Waals surface area (Å²) < 4.78 is 22.0. The summed E-state index contributed by atoms with van der Waals surface area (Å²) in [4.78, 5) is 31.3. The minimum Gasteiger partial charge on any atom is -0.478 e. The van der Waals surface area contributed by atoms with E-state index in [9.17, 15) is 20.0 Å². The van der Waals surface area contributed by atoms with Crippen LogP contribution in [0.5, 0.6) is 0 Å². The van der Waals surface area contributed by atoms with Crippen LogP contribution in [0, 0.1) is 30.0 Å². The van der Waals surface area contributed by atoms with Gasteiger partial charge in [-0.1, -0.05) is 35.3 Å². The number of nitrogens with zero attached hydrogens (tertiary/aromatic N) is 3. The highest BCUT2D eigenvalue weighted by Crippen LogP contribution is 2.46. The molecule has 1 saturated carbocycles. The number of aryl methyl sites for hydroxylation is 2. The largest absolute Gasteiger partial charge is 0.478 e. The van der Waals surface area contributed by atoms with Crippen LogP contribution in [0.3, 0.4) is 0 Å². The van der Waals surface area contributed by atoms with Gasteiger partial charge in [0.25, 0.3) is 0 Å². The van der Waals surface area contributed by atoms with E-state index in [1.807, 2.05) is 0 Å². The Morgan fingerprint density at radius 1 is 1.32 bits per heavy atom. The number of aromatic nitrogens is 1. The minimum atomic E-state index is -1.21. The van der Waals surface area contributed by atoms with Crippen molar-refractivity contribution in [2.75, 3.05) is 11.9 Å². The standard InChI is InChI=1S/C30H29Cl2FN4O4/c1-14-21(28(38)39)26(36-25-16-12-20(25)37(13-16)29(40)41-30(2,3)4)18-11-15(7-6-10-34)22(24(33)27(18)35-14)17-8-5-9-19(31)23(17)32/h5,8-9,11,16,20,25H,6-7,12-13H2,1-4H3,(H,35,36)(H,38,39). The molecular formula is C30H29Cl2FN4O4. The van der Waals surface area contributed by atoms with Gasteiger partial charge in [0.2, 0.25) is 0 Å². The third-order valence-electron chi connectivity index (χ3n) is 7.66. The van der Waals surface area contributed by atoms with Crippen molar-refractivity contribution in [2.24, 2.45) is 5.92 Å². The lowest BCUT2D eigenvalue weighted by atomic mass is 9.79. The number of benzene rings is 2. The van der Waals surface area contributed by atoms with Gasteiger partial charge in [-0.05, 0) is 58.2 Å². The molecule has 8 nitrogen and oxygen atoms in total. The van der Waals surface area contributed by atoms with Crippen molar-refractivity contribution >= 4 is 51.9 Å². The number of hydrogen-bond donors (Lipinski definition) is 2. The molecule has 3 aromatic rings. The first-order chi connectivity index (χ1) is 19.3. The van der Waals surface area contributed by atoms with Gasteiger partial charge < -0.3 is 20.1 Å². The molecule has 2 saturated heterocycles. The van der Waals surface area contributed by atoms with E-state index in [1.165, 1.54) is 6.92 Å². The number of pyridine rings is 1. The fraction of sp³-hybridized carbons (Fsp3) is 0.400. The summed E-state index contributed by atoms with van der Waals surface area (Å²) in [7, 11) is 0. The molecule has 1 aromatic heterocycles. The molecule has 6 rings (SSSR count). The number of ether oxygens (including phenoxy) is 1. The van der Waals surface area contributed by atoms with Crippen LogP contribution in [-0.4, -0.2) is 51.3 Å². The average Bonchev–Trinajstić information content (AvgIpc) is 3.48. The summed E-state index contributed by atoms with van der Waals surface area (Å²) >= 11 is 12.7. The third-order valence-corrected chi connectivity index (χ3v) is 8.48. The van der Waals surface area contributed by atoms with E-state index >= 15 is 4.39 Å². The van der Waals surface area contributed by atoms with Crippen LogP contribution in [-0.2, 0) is 11.2 Å². The van der Waals surface area contributed by atoms with Crippen molar-refractivity contribution in [3.8, 4) is 17.2 Å². The van der Waals surface area contributed by atoms with Crippen molar-refractivity contribution in [3.05, 3.63) is 56.9 Å². The van der Waals surface area contributed by atoms with Crippen molar-refractivity contribution < 1.29 is 23.8 Å². The lowest BCUT2D eigenvalue weighted by molar-refractivity contribution is 0.0239. The normalized spacial score (nSPS) is 19.6. The molecule has 0 spiro atoms. The predicted molar refractivity (Wildman–Crippen MR) is 155 cm³/mol. The molecule has 0 radical (unpaired) electrons. The molecule has 3 aliphatic rings. The summed E-state index contributed by atoms with van der Waals surface area (Å²) in [6.07, 6.45) is 0.622. The first-order valence-electron chi connectivity index (χ1n) is 13.3. The van der Waals surface area contributed by atoms with E-state index < -0.39 is 23.5 Å². The maximum atomic E-state index is 16.5. The Bertz CT molecular complexity index is 1630. The lowest BCUT2D eigenvalue weighted by Crippen LogP contribution is -2.50. The maximum absolute atomic E-state index is 16.5. The summed E-state index contributed by atoms with van der Waals surface area (Å²) in [5, 5.41) is 23.5. The van der Waals surface area contributed by atoms with Gasteiger partial charge in [0, 0.05) is 35.4 Å². The Morgan fingerprint density at radius 2 is 2.05 bits per heavy atom. The average molecular weight is 599 g/mol. The first kappa shape index (κ1) is 28.9. The summed E-state index contributed by atoms with van der Waals surface area (Å²) in [6, 6.07) is 8.20. The second kappa shape index (κ2) is 10.7. The molecule has 1 amide bonds. The lowest BCUT2D eigenvalue weighted by Gasteiger charge is -2.38. The van der Waals surface area contributed by atoms with Crippen molar-refractivity contribution in [1.82, 2.24) is 9.88 Å². The number of rotatable bonds is 6. The van der Waals surface area contributed by atoms with Crippen LogP contribution in [0.2, 0.25) is 10.0 Å². The van der Waals surface area contributed by atoms with Crippen LogP contribution in [0.4, 0.5) is 14.9 Å². The minimum absolute atomic E-state index is 0.0302. The first-order valence-corrected chi connectivity index (χ1v) is 14.0. The number of carbonyl (C=O) groups is 2. The number of aromatic carboxylic acids is 1. The molecule has 3 unspecified atom stereocenters. The van der Waals surface area contributed by atoms with Gasteiger partial charge in [0.05, 0.1) is 39.6 Å². The van der Waals surface area contributed by atoms with Gasteiger partial charge in [-0.3, -0.25) is 0 Å². The highest BCUT2D eigenvalue weighted by molar-refractivity contribution is 6.43. The Kier molecular flexibility index (Phi) is 7.51. The molecule has 2 bridgehead atoms. The summed E-state index contributed by atoms with van der Waals surface area (Å²) in [5.74, 6) is -1.82. The molecule has 3 heterocycles. The number of anilines is 1. The van der Waals surface area contributed by atoms with E-state index in [-0.39, 0.29) is 74.3 Å². The second-order valence-corrected chi connectivity index (χ2v) is 12.3. The second-order valence-electron chi connectivity index (χ2n) is 11.5. The van der Waals surface area contributed by atoms with Crippen molar-refractivity contribution in [3.63, 3.8) is 0 Å². The Balaban J connectivity index is 1.65. The molecule has 41 heavy (non-hydrogen) atoms. The highest BCUT2D eigenvalue weighted by atomic mass is 35.5. The van der Waals surface area contributed by atoms with E-state index in [0.29, 0.717) is 17.7 Å². The topological polar surface area (TPSA) is 116 Å². The molecule has 11 heteroatoms. The number of carboxylic acids is 1. The van der Waals surface area contributed by atoms with Gasteiger partial charge in [-0.2, -0.15) is 5.26 Å². The van der Waals surface area contributed by atoms with E-state index in [4.69, 9.17) is 27.9 Å². The van der Waals surface area contributed by atoms with Gasteiger partial charge in [-0.15, -0.1) is 0 Å². The number of nitriles is 1. The zero-order valence-corrected chi connectivity index (χ0v) is 24.5. The molecule has 3 atom stereocenters. The predicted octanol–water partition coefficient (Wildman–Crippen LogP) is 7.23. The molecule has 2 aromatic carbocycles. The quantitative estimate of drug-likeness (QED) is 0.307. The van der Waals surface area contributed by atoms with Crippen molar-refractivity contribution in [2.45, 2.75) is 64.6 Å². The molecule has 2 aliphatic heterocycles. The Morgan fingerprint density at radius 3 is 2.71 bits per heavy atom. The monoisotopic (exact) mass is 598 g/mol. The molecule has 214 valence electrons. The maximum Gasteiger partial charge on any atom is 0.410 e. The highest BCUT2D eigenvalue weighted by Gasteiger charge is 2.55. The van der Waals surface area contributed by atoms with Crippen LogP contribution in [0.25, 0.3) is 22.0 Å². The zero-order chi connectivity index (χ0) is 29.8. The number of halogens is 3. The third kappa shape index (κ3) is 5.15. The van der Waals surface area contributed by atoms with Crippen LogP contribution >= 0.6 is 23.2 Å². The van der Waals surface area contributed by atoms with Gasteiger partial charge in [0.15, 0.2) is 5.82 Å². The zero-order valence-electron chi connectivity index (χ0n) is 23.0. The van der Waals surface area contributed by atoms with E-state index in [2.05, 4.69) is 16.4 Å². The number of fused-ring (bicyclic) bond motifs is 2. The Labute approximate surface area is 247 Å². The molecule has 3 fully saturated rings. The van der Waals surface area contributed by atoms with Gasteiger partial charge in [-0.25, -0.2) is 19.0 Å². The van der Waals surface area contributed by atoms with Crippen LogP contribution in [0.15, 0.2) is 24.3 Å². The number of carboxylic acid groups (broad SMARTS) is 1. The number of hydrogen-bond acceptors (Lipinski definition) is 6. The van der Waals surface area contributed by atoms with Crippen LogP contribution < -0.4 is 5.32 Å². The molecule has 2 N–H and O–H groups in total. The van der Waals surface area contributed by atoms with Gasteiger partial charge >= 0.3 is 12.1 Å². The SMILES string of the molecule is Cc1nc2c(F)c(-c3cccc(Cl)c3Cl)c(CCC#N)cc2c(NC2C3CC2N(C(=O)OC(C)(C)C)C3)c1C(=O)O. The number of nitrogens with one attached hydrogen (secondary N) is 1. The summed E-state index contributed by atoms with van der Waals surface area (Å²) in [6.45, 7) is 7.40. The molecular weight excluding hydrogens is 570 g/mol. The van der Waals surface area contributed by atoms with E-state index in [0.717, 1.165) is 6.42 Å². The Hall–Kier alpha value is -3.61. The van der Waals surface area contributed by atoms with E-state index in [1.54, 1.807) is 49.9 Å². The molecule has 1 aliphatic carbocycles. The van der Waals surface area contributed by atoms with Crippen molar-refractivity contribution in [1.29, 1.82) is 5.26 Å². The van der Waals surface area contributed by atoms with Crippen LogP contribution in [0.1, 0.15) is 55.2 Å². The number of amides is 1. The number of carbonyl (C=O) groups excluding carboxylic acids is 1. The smallest absolute Gasteiger partial charge is 0.410 e. The summed E-state index contributed by atoms with van der Waals surface area (Å²) in [5.41, 5.74) is 0.598.